The van der Waals surface area contributed by atoms with Crippen molar-refractivity contribution in [3.8, 4) is 11.1 Å². The van der Waals surface area contributed by atoms with Crippen molar-refractivity contribution in [3.05, 3.63) is 30.7 Å². The zero-order valence-corrected chi connectivity index (χ0v) is 10.2. The van der Waals surface area contributed by atoms with E-state index in [4.69, 9.17) is 5.73 Å². The summed E-state index contributed by atoms with van der Waals surface area (Å²) in [5.41, 5.74) is 7.88. The third kappa shape index (κ3) is 2.09. The summed E-state index contributed by atoms with van der Waals surface area (Å²) in [6, 6.07) is 4.37. The fourth-order valence-corrected chi connectivity index (χ4v) is 2.41. The number of piperidine rings is 1. The van der Waals surface area contributed by atoms with Crippen LogP contribution in [0.25, 0.3) is 11.1 Å². The standard InChI is InChI=1S/C13H17N5/c14-13-12(2-1-5-16-13)10-8-17-18(9-10)11-3-6-15-7-4-11/h1-2,5,8-9,11,15H,3-4,6-7H2,(H2,14,16). The molecule has 3 heterocycles. The molecule has 1 aliphatic rings. The quantitative estimate of drug-likeness (QED) is 0.837. The average molecular weight is 243 g/mol. The summed E-state index contributed by atoms with van der Waals surface area (Å²) in [4.78, 5) is 4.11. The van der Waals surface area contributed by atoms with Crippen LogP contribution in [0.3, 0.4) is 0 Å². The first kappa shape index (κ1) is 11.2. The summed E-state index contributed by atoms with van der Waals surface area (Å²) < 4.78 is 2.06. The summed E-state index contributed by atoms with van der Waals surface area (Å²) in [5, 5.41) is 7.82. The van der Waals surface area contributed by atoms with Crippen LogP contribution in [0.4, 0.5) is 5.82 Å². The molecule has 0 radical (unpaired) electrons. The molecule has 3 N–H and O–H groups in total. The number of nitrogen functional groups attached to an aromatic ring is 1. The Balaban J connectivity index is 1.87. The number of nitrogens with zero attached hydrogens (tertiary/aromatic N) is 3. The molecule has 0 spiro atoms. The maximum atomic E-state index is 5.88. The van der Waals surface area contributed by atoms with Crippen molar-refractivity contribution in [1.82, 2.24) is 20.1 Å². The van der Waals surface area contributed by atoms with Gasteiger partial charge in [0, 0.05) is 23.5 Å². The smallest absolute Gasteiger partial charge is 0.131 e. The second-order valence-corrected chi connectivity index (χ2v) is 4.63. The van der Waals surface area contributed by atoms with E-state index in [0.717, 1.165) is 37.1 Å². The van der Waals surface area contributed by atoms with Gasteiger partial charge in [0.05, 0.1) is 12.2 Å². The Bertz CT molecular complexity index is 528. The molecule has 0 aromatic carbocycles. The van der Waals surface area contributed by atoms with E-state index in [1.807, 2.05) is 18.3 Å². The molecule has 0 bridgehead atoms. The van der Waals surface area contributed by atoms with E-state index in [-0.39, 0.29) is 0 Å². The van der Waals surface area contributed by atoms with Crippen molar-refractivity contribution in [3.63, 3.8) is 0 Å². The lowest BCUT2D eigenvalue weighted by Gasteiger charge is -2.22. The predicted molar refractivity (Wildman–Crippen MR) is 71.0 cm³/mol. The fourth-order valence-electron chi connectivity index (χ4n) is 2.41. The number of aromatic nitrogens is 3. The molecule has 3 rings (SSSR count). The minimum Gasteiger partial charge on any atom is -0.383 e. The highest BCUT2D eigenvalue weighted by atomic mass is 15.3. The van der Waals surface area contributed by atoms with Crippen molar-refractivity contribution >= 4 is 5.82 Å². The first-order chi connectivity index (χ1) is 8.84. The SMILES string of the molecule is Nc1ncccc1-c1cnn(C2CCNCC2)c1. The van der Waals surface area contributed by atoms with E-state index in [9.17, 15) is 0 Å². The van der Waals surface area contributed by atoms with Crippen LogP contribution in [0.2, 0.25) is 0 Å². The Hall–Kier alpha value is -1.88. The van der Waals surface area contributed by atoms with Gasteiger partial charge in [-0.2, -0.15) is 5.10 Å². The second kappa shape index (κ2) is 4.78. The van der Waals surface area contributed by atoms with Crippen LogP contribution in [-0.4, -0.2) is 27.9 Å². The number of nitrogens with one attached hydrogen (secondary N) is 1. The van der Waals surface area contributed by atoms with Gasteiger partial charge in [-0.25, -0.2) is 4.98 Å². The molecular formula is C13H17N5. The average Bonchev–Trinajstić information content (AvgIpc) is 2.90. The predicted octanol–water partition coefficient (Wildman–Crippen LogP) is 1.45. The number of hydrogen-bond donors (Lipinski definition) is 2. The highest BCUT2D eigenvalue weighted by molar-refractivity contribution is 5.72. The maximum absolute atomic E-state index is 5.88. The molecule has 0 unspecified atom stereocenters. The number of rotatable bonds is 2. The summed E-state index contributed by atoms with van der Waals surface area (Å²) >= 11 is 0. The lowest BCUT2D eigenvalue weighted by molar-refractivity contribution is 0.343. The van der Waals surface area contributed by atoms with Gasteiger partial charge in [0.2, 0.25) is 0 Å². The third-order valence-electron chi connectivity index (χ3n) is 3.43. The van der Waals surface area contributed by atoms with Crippen molar-refractivity contribution < 1.29 is 0 Å². The number of pyridine rings is 1. The lowest BCUT2D eigenvalue weighted by atomic mass is 10.1. The molecule has 5 nitrogen and oxygen atoms in total. The van der Waals surface area contributed by atoms with Crippen LogP contribution >= 0.6 is 0 Å². The van der Waals surface area contributed by atoms with E-state index in [2.05, 4.69) is 26.3 Å². The molecule has 5 heteroatoms. The van der Waals surface area contributed by atoms with E-state index in [1.165, 1.54) is 0 Å². The number of anilines is 1. The van der Waals surface area contributed by atoms with Crippen molar-refractivity contribution in [1.29, 1.82) is 0 Å². The van der Waals surface area contributed by atoms with Gasteiger partial charge in [-0.1, -0.05) is 0 Å². The van der Waals surface area contributed by atoms with Crippen LogP contribution in [-0.2, 0) is 0 Å². The molecule has 1 fully saturated rings. The summed E-state index contributed by atoms with van der Waals surface area (Å²) in [5.74, 6) is 0.558. The van der Waals surface area contributed by atoms with Crippen molar-refractivity contribution in [2.24, 2.45) is 0 Å². The molecule has 2 aromatic rings. The van der Waals surface area contributed by atoms with E-state index < -0.39 is 0 Å². The molecule has 18 heavy (non-hydrogen) atoms. The van der Waals surface area contributed by atoms with E-state index in [0.29, 0.717) is 11.9 Å². The lowest BCUT2D eigenvalue weighted by Crippen LogP contribution is -2.29. The molecule has 0 aliphatic carbocycles. The van der Waals surface area contributed by atoms with Crippen LogP contribution < -0.4 is 11.1 Å². The number of nitrogens with two attached hydrogens (primary N) is 1. The Morgan fingerprint density at radius 1 is 1.33 bits per heavy atom. The highest BCUT2D eigenvalue weighted by Crippen LogP contribution is 2.25. The Kier molecular flexibility index (Phi) is 2.98. The Morgan fingerprint density at radius 3 is 2.94 bits per heavy atom. The van der Waals surface area contributed by atoms with Gasteiger partial charge in [-0.15, -0.1) is 0 Å². The van der Waals surface area contributed by atoms with Gasteiger partial charge >= 0.3 is 0 Å². The molecular weight excluding hydrogens is 226 g/mol. The molecule has 0 amide bonds. The van der Waals surface area contributed by atoms with Gasteiger partial charge in [0.25, 0.3) is 0 Å². The summed E-state index contributed by atoms with van der Waals surface area (Å²) in [6.45, 7) is 2.13. The van der Waals surface area contributed by atoms with Gasteiger partial charge in [0.15, 0.2) is 0 Å². The topological polar surface area (TPSA) is 68.8 Å². The molecule has 2 aromatic heterocycles. The first-order valence-corrected chi connectivity index (χ1v) is 6.30. The van der Waals surface area contributed by atoms with Gasteiger partial charge in [-0.05, 0) is 38.1 Å². The van der Waals surface area contributed by atoms with Gasteiger partial charge < -0.3 is 11.1 Å². The van der Waals surface area contributed by atoms with Crippen LogP contribution in [0.1, 0.15) is 18.9 Å². The largest absolute Gasteiger partial charge is 0.383 e. The van der Waals surface area contributed by atoms with Crippen molar-refractivity contribution in [2.75, 3.05) is 18.8 Å². The highest BCUT2D eigenvalue weighted by Gasteiger charge is 2.16. The Morgan fingerprint density at radius 2 is 2.17 bits per heavy atom. The van der Waals surface area contributed by atoms with Crippen LogP contribution in [0.5, 0.6) is 0 Å². The van der Waals surface area contributed by atoms with Gasteiger partial charge in [-0.3, -0.25) is 4.68 Å². The minimum atomic E-state index is 0.498. The third-order valence-corrected chi connectivity index (χ3v) is 3.43. The molecule has 1 saturated heterocycles. The normalized spacial score (nSPS) is 16.9. The minimum absolute atomic E-state index is 0.498. The first-order valence-electron chi connectivity index (χ1n) is 6.30. The van der Waals surface area contributed by atoms with Gasteiger partial charge in [0.1, 0.15) is 5.82 Å². The maximum Gasteiger partial charge on any atom is 0.131 e. The number of hydrogen-bond acceptors (Lipinski definition) is 4. The Labute approximate surface area is 106 Å². The molecule has 0 atom stereocenters. The van der Waals surface area contributed by atoms with E-state index in [1.54, 1.807) is 6.20 Å². The molecule has 0 saturated carbocycles. The molecule has 94 valence electrons. The van der Waals surface area contributed by atoms with Crippen LogP contribution in [0.15, 0.2) is 30.7 Å². The monoisotopic (exact) mass is 243 g/mol. The second-order valence-electron chi connectivity index (χ2n) is 4.63. The summed E-state index contributed by atoms with van der Waals surface area (Å²) in [7, 11) is 0. The van der Waals surface area contributed by atoms with E-state index >= 15 is 0 Å². The van der Waals surface area contributed by atoms with Crippen LogP contribution in [0, 0.1) is 0 Å². The zero-order valence-electron chi connectivity index (χ0n) is 10.2. The zero-order chi connectivity index (χ0) is 12.4. The summed E-state index contributed by atoms with van der Waals surface area (Å²) in [6.07, 6.45) is 7.90. The molecule has 1 aliphatic heterocycles. The van der Waals surface area contributed by atoms with Crippen molar-refractivity contribution in [2.45, 2.75) is 18.9 Å². The fraction of sp³-hybridized carbons (Fsp3) is 0.385.